The molecule has 3 aliphatic rings. The van der Waals surface area contributed by atoms with Crippen LogP contribution in [0.25, 0.3) is 0 Å². The summed E-state index contributed by atoms with van der Waals surface area (Å²) in [4.78, 5) is 27.7. The number of carbonyl (C=O) groups is 2. The number of nitrogens with zero attached hydrogens (tertiary/aromatic N) is 1. The lowest BCUT2D eigenvalue weighted by Gasteiger charge is -2.46. The minimum absolute atomic E-state index is 0.0900. The quantitative estimate of drug-likeness (QED) is 0.162. The van der Waals surface area contributed by atoms with Crippen molar-refractivity contribution in [3.05, 3.63) is 85.1 Å². The van der Waals surface area contributed by atoms with Crippen LogP contribution >= 0.6 is 0 Å². The topological polar surface area (TPSA) is 323 Å². The molecule has 0 aromatic rings. The number of nitrogens with two attached hydrogens (primary N) is 1. The maximum atomic E-state index is 13.8. The Balaban J connectivity index is 1.93. The summed E-state index contributed by atoms with van der Waals surface area (Å²) in [5, 5.41) is 119. The molecule has 0 aromatic carbocycles. The molecule has 0 radical (unpaired) electrons. The van der Waals surface area contributed by atoms with E-state index in [1.807, 2.05) is 37.3 Å². The normalized spacial score (nSPS) is 43.5. The van der Waals surface area contributed by atoms with E-state index < -0.39 is 147 Å². The van der Waals surface area contributed by atoms with Crippen LogP contribution in [-0.2, 0) is 28.5 Å². The van der Waals surface area contributed by atoms with Crippen LogP contribution in [0.2, 0.25) is 0 Å². The van der Waals surface area contributed by atoms with E-state index in [1.54, 1.807) is 75.5 Å². The minimum Gasteiger partial charge on any atom is -0.462 e. The van der Waals surface area contributed by atoms with Gasteiger partial charge in [-0.1, -0.05) is 98.9 Å². The Labute approximate surface area is 405 Å². The smallest absolute Gasteiger partial charge is 0.308 e. The van der Waals surface area contributed by atoms with Crippen molar-refractivity contribution in [3.8, 4) is 0 Å². The fourth-order valence-corrected chi connectivity index (χ4v) is 8.48. The minimum atomic E-state index is -2.30. The van der Waals surface area contributed by atoms with E-state index in [0.717, 1.165) is 0 Å². The number of rotatable bonds is 5. The first kappa shape index (κ1) is 59.8. The van der Waals surface area contributed by atoms with Gasteiger partial charge < -0.3 is 85.8 Å². The maximum absolute atomic E-state index is 13.8. The van der Waals surface area contributed by atoms with Crippen LogP contribution < -0.4 is 5.73 Å². The van der Waals surface area contributed by atoms with Gasteiger partial charge in [0.25, 0.3) is 0 Å². The number of hydrogen-bond acceptors (Lipinski definition) is 18. The second-order valence-electron chi connectivity index (χ2n) is 18.7. The summed E-state index contributed by atoms with van der Waals surface area (Å²) in [5.74, 6) is -5.72. The summed E-state index contributed by atoms with van der Waals surface area (Å²) >= 11 is 0. The SMILES string of the molecule is C[C@@H]1[C@H](O)[C@@H](C)/C=C/C=C/C=C/C=C/C=C/C=C/C=C/[C@H](O[C@@H]2O[C@H](C)[C@@H](O)[C@H](N)[C@@H]2O)C[C@@H]2O[C@](O)(C[C@@H](O)C[C@@H](O)[C@H](O)CC[C@@H](O)C[C@@H](O)CC(=O)O[C@H]1C)C[C@H](O)[C@H]2C(=O)N(C)CCO. The summed E-state index contributed by atoms with van der Waals surface area (Å²) < 4.78 is 23.6. The number of aliphatic hydroxyl groups excluding tert-OH is 10. The fourth-order valence-electron chi connectivity index (χ4n) is 8.48. The Kier molecular flexibility index (Phi) is 25.8. The zero-order valence-electron chi connectivity index (χ0n) is 40.4. The highest BCUT2D eigenvalue weighted by atomic mass is 16.7. The zero-order chi connectivity index (χ0) is 51.4. The van der Waals surface area contributed by atoms with Crippen LogP contribution in [0.3, 0.4) is 0 Å². The van der Waals surface area contributed by atoms with E-state index in [9.17, 15) is 65.8 Å². The van der Waals surface area contributed by atoms with Gasteiger partial charge in [-0.15, -0.1) is 0 Å². The molecule has 69 heavy (non-hydrogen) atoms. The Hall–Kier alpha value is -3.48. The number of carbonyl (C=O) groups excluding carboxylic acids is 2. The largest absolute Gasteiger partial charge is 0.462 e. The van der Waals surface area contributed by atoms with Crippen molar-refractivity contribution in [2.24, 2.45) is 23.5 Å². The molecule has 0 spiro atoms. The number of fused-ring (bicyclic) bond motifs is 2. The van der Waals surface area contributed by atoms with Crippen LogP contribution in [0.4, 0.5) is 0 Å². The first-order chi connectivity index (χ1) is 32.6. The van der Waals surface area contributed by atoms with Gasteiger partial charge in [0.1, 0.15) is 12.2 Å². The van der Waals surface area contributed by atoms with Gasteiger partial charge in [-0.25, -0.2) is 0 Å². The molecular weight excluding hydrogens is 901 g/mol. The van der Waals surface area contributed by atoms with E-state index in [4.69, 9.17) is 24.7 Å². The van der Waals surface area contributed by atoms with Crippen LogP contribution in [0.15, 0.2) is 85.1 Å². The van der Waals surface area contributed by atoms with Gasteiger partial charge in [0.05, 0.1) is 92.1 Å². The summed E-state index contributed by atoms with van der Waals surface area (Å²) in [6.07, 6.45) is 4.22. The highest BCUT2D eigenvalue weighted by Gasteiger charge is 2.51. The molecule has 0 saturated carbocycles. The lowest BCUT2D eigenvalue weighted by atomic mass is 9.81. The molecule has 392 valence electrons. The summed E-state index contributed by atoms with van der Waals surface area (Å²) in [6, 6.07) is -1.14. The van der Waals surface area contributed by atoms with Crippen LogP contribution in [0.1, 0.15) is 79.1 Å². The van der Waals surface area contributed by atoms with Crippen LogP contribution in [0.5, 0.6) is 0 Å². The monoisotopic (exact) mass is 981 g/mol. The molecule has 2 fully saturated rings. The van der Waals surface area contributed by atoms with Gasteiger partial charge in [-0.05, 0) is 33.1 Å². The van der Waals surface area contributed by atoms with Crippen LogP contribution in [-0.4, -0.2) is 191 Å². The third kappa shape index (κ3) is 19.9. The molecule has 0 aromatic heterocycles. The number of cyclic esters (lactones) is 1. The van der Waals surface area contributed by atoms with Gasteiger partial charge >= 0.3 is 5.97 Å². The molecule has 3 heterocycles. The number of esters is 1. The molecule has 3 aliphatic heterocycles. The lowest BCUT2D eigenvalue weighted by Crippen LogP contribution is -2.62. The van der Waals surface area contributed by atoms with Crippen molar-refractivity contribution in [1.29, 1.82) is 0 Å². The Morgan fingerprint density at radius 3 is 1.88 bits per heavy atom. The van der Waals surface area contributed by atoms with Gasteiger partial charge in [0.15, 0.2) is 12.1 Å². The van der Waals surface area contributed by atoms with E-state index >= 15 is 0 Å². The van der Waals surface area contributed by atoms with Crippen molar-refractivity contribution in [2.75, 3.05) is 20.2 Å². The van der Waals surface area contributed by atoms with E-state index in [-0.39, 0.29) is 44.8 Å². The van der Waals surface area contributed by atoms with Gasteiger partial charge in [0, 0.05) is 51.1 Å². The average molecular weight is 981 g/mol. The molecule has 2 bridgehead atoms. The molecular formula is C50H80N2O17. The summed E-state index contributed by atoms with van der Waals surface area (Å²) in [7, 11) is 1.42. The van der Waals surface area contributed by atoms with Crippen molar-refractivity contribution in [1.82, 2.24) is 4.90 Å². The summed E-state index contributed by atoms with van der Waals surface area (Å²) in [5.41, 5.74) is 6.09. The predicted octanol–water partition coefficient (Wildman–Crippen LogP) is 0.0778. The second-order valence-corrected chi connectivity index (χ2v) is 18.7. The predicted molar refractivity (Wildman–Crippen MR) is 254 cm³/mol. The molecule has 1 amide bonds. The molecule has 2 saturated heterocycles. The first-order valence-electron chi connectivity index (χ1n) is 23.9. The van der Waals surface area contributed by atoms with Crippen molar-refractivity contribution >= 4 is 11.9 Å². The van der Waals surface area contributed by atoms with Crippen molar-refractivity contribution in [3.63, 3.8) is 0 Å². The average Bonchev–Trinajstić information content (AvgIpc) is 3.27. The molecule has 19 atom stereocenters. The van der Waals surface area contributed by atoms with Gasteiger partial charge in [0.2, 0.25) is 5.91 Å². The molecule has 19 nitrogen and oxygen atoms in total. The molecule has 0 unspecified atom stereocenters. The number of allylic oxidation sites excluding steroid dienone is 12. The number of likely N-dealkylation sites (N-methyl/N-ethyl adjacent to an activating group) is 1. The fraction of sp³-hybridized carbons (Fsp3) is 0.680. The molecule has 19 heteroatoms. The van der Waals surface area contributed by atoms with E-state index in [2.05, 4.69) is 0 Å². The summed E-state index contributed by atoms with van der Waals surface area (Å²) in [6.45, 7) is 6.30. The third-order valence-corrected chi connectivity index (χ3v) is 12.8. The number of amides is 1. The highest BCUT2D eigenvalue weighted by molar-refractivity contribution is 5.80. The van der Waals surface area contributed by atoms with Crippen LogP contribution in [0, 0.1) is 17.8 Å². The first-order valence-corrected chi connectivity index (χ1v) is 23.9. The van der Waals surface area contributed by atoms with Gasteiger partial charge in [-0.2, -0.15) is 0 Å². The molecule has 0 aliphatic carbocycles. The van der Waals surface area contributed by atoms with Gasteiger partial charge in [-0.3, -0.25) is 9.59 Å². The second kappa shape index (κ2) is 29.8. The van der Waals surface area contributed by atoms with E-state index in [1.165, 1.54) is 11.9 Å². The Bertz CT molecular complexity index is 1760. The Morgan fingerprint density at radius 1 is 0.710 bits per heavy atom. The standard InChI is InChI=1S/C50H80N2O17/c1-30-18-16-14-12-10-8-6-7-9-11-13-15-17-19-37(68-49-47(63)44(51)46(62)33(4)67-49)27-41-43(48(64)52(5)22-23-53)40(59)29-50(65,69-41)28-36(56)25-39(58)38(57)21-20-34(54)24-35(55)26-42(60)66-32(3)31(2)45(30)61/h6-19,30-41,43-47,49,53-59,61-63,65H,20-29,51H2,1-5H3/b7-6+,10-8+,11-9+,14-12+,15-13+,18-16+,19-17+/t30-,31-,32-,33+,34+,35+,36-,37-,38+,39+,40-,41-,43+,44-,45+,46+,47-,49-,50+/m0/s1. The highest BCUT2D eigenvalue weighted by Crippen LogP contribution is 2.39. The molecule has 3 rings (SSSR count). The molecule has 13 N–H and O–H groups in total. The third-order valence-electron chi connectivity index (χ3n) is 12.8. The van der Waals surface area contributed by atoms with Crippen molar-refractivity contribution in [2.45, 2.75) is 177 Å². The number of hydrogen-bond donors (Lipinski definition) is 12. The number of ether oxygens (including phenoxy) is 4. The Morgan fingerprint density at radius 2 is 1.29 bits per heavy atom. The van der Waals surface area contributed by atoms with Crippen molar-refractivity contribution < 1.29 is 84.7 Å². The maximum Gasteiger partial charge on any atom is 0.308 e. The van der Waals surface area contributed by atoms with E-state index in [0.29, 0.717) is 0 Å². The zero-order valence-corrected chi connectivity index (χ0v) is 40.4. The number of aliphatic hydroxyl groups is 11. The lowest BCUT2D eigenvalue weighted by molar-refractivity contribution is -0.308.